The van der Waals surface area contributed by atoms with Crippen LogP contribution >= 0.6 is 0 Å². The van der Waals surface area contributed by atoms with Crippen molar-refractivity contribution < 1.29 is 9.59 Å². The summed E-state index contributed by atoms with van der Waals surface area (Å²) in [6.07, 6.45) is 0.273. The van der Waals surface area contributed by atoms with Crippen molar-refractivity contribution in [2.45, 2.75) is 27.2 Å². The molecule has 1 aliphatic rings. The Labute approximate surface area is 149 Å². The standard InChI is InChI=1S/C21H24N2O2/c1-4-22(19-8-6-5-7-16(19)3)21(25)17-13-20(24)23(14-17)18-11-9-15(2)10-12-18/h5-12,17H,4,13-14H2,1-3H3/t17-/m1/s1. The van der Waals surface area contributed by atoms with E-state index in [2.05, 4.69) is 0 Å². The minimum absolute atomic E-state index is 0.0167. The average Bonchev–Trinajstić information content (AvgIpc) is 2.99. The SMILES string of the molecule is CCN(C(=O)[C@@H]1CC(=O)N(c2ccc(C)cc2)C1)c1ccccc1C. The second-order valence-corrected chi connectivity index (χ2v) is 6.61. The Bertz CT molecular complexity index is 783. The number of amides is 2. The lowest BCUT2D eigenvalue weighted by atomic mass is 10.1. The van der Waals surface area contributed by atoms with Gasteiger partial charge in [-0.15, -0.1) is 0 Å². The zero-order chi connectivity index (χ0) is 18.0. The van der Waals surface area contributed by atoms with E-state index in [1.54, 1.807) is 9.80 Å². The maximum Gasteiger partial charge on any atom is 0.232 e. The summed E-state index contributed by atoms with van der Waals surface area (Å²) in [5, 5.41) is 0. The summed E-state index contributed by atoms with van der Waals surface area (Å²) in [5.41, 5.74) is 4.01. The van der Waals surface area contributed by atoms with Gasteiger partial charge in [-0.1, -0.05) is 35.9 Å². The van der Waals surface area contributed by atoms with Crippen molar-refractivity contribution in [2.75, 3.05) is 22.9 Å². The predicted molar refractivity (Wildman–Crippen MR) is 101 cm³/mol. The molecular formula is C21H24N2O2. The van der Waals surface area contributed by atoms with Gasteiger partial charge in [-0.05, 0) is 44.5 Å². The highest BCUT2D eigenvalue weighted by molar-refractivity contribution is 6.04. The molecule has 3 rings (SSSR count). The van der Waals surface area contributed by atoms with Gasteiger partial charge in [0, 0.05) is 30.9 Å². The van der Waals surface area contributed by atoms with Crippen LogP contribution in [0.1, 0.15) is 24.5 Å². The lowest BCUT2D eigenvalue weighted by Gasteiger charge is -2.26. The van der Waals surface area contributed by atoms with Crippen LogP contribution in [0.4, 0.5) is 11.4 Å². The number of carbonyl (C=O) groups is 2. The second kappa shape index (κ2) is 7.09. The zero-order valence-corrected chi connectivity index (χ0v) is 15.0. The molecule has 1 aliphatic heterocycles. The van der Waals surface area contributed by atoms with E-state index in [4.69, 9.17) is 0 Å². The van der Waals surface area contributed by atoms with Crippen molar-refractivity contribution in [3.05, 3.63) is 59.7 Å². The fraction of sp³-hybridized carbons (Fsp3) is 0.333. The maximum atomic E-state index is 13.1. The molecule has 1 saturated heterocycles. The van der Waals surface area contributed by atoms with Crippen molar-refractivity contribution >= 4 is 23.2 Å². The highest BCUT2D eigenvalue weighted by atomic mass is 16.2. The third-order valence-corrected chi connectivity index (χ3v) is 4.81. The van der Waals surface area contributed by atoms with Crippen LogP contribution in [-0.4, -0.2) is 24.9 Å². The minimum atomic E-state index is -0.298. The van der Waals surface area contributed by atoms with Gasteiger partial charge in [-0.3, -0.25) is 9.59 Å². The fourth-order valence-corrected chi connectivity index (χ4v) is 3.38. The van der Waals surface area contributed by atoms with Crippen molar-refractivity contribution in [3.8, 4) is 0 Å². The van der Waals surface area contributed by atoms with E-state index >= 15 is 0 Å². The van der Waals surface area contributed by atoms with Crippen LogP contribution in [0.25, 0.3) is 0 Å². The molecule has 1 atom stereocenters. The minimum Gasteiger partial charge on any atom is -0.312 e. The summed E-state index contributed by atoms with van der Waals surface area (Å²) in [6.45, 7) is 7.04. The van der Waals surface area contributed by atoms with Gasteiger partial charge in [0.05, 0.1) is 5.92 Å². The number of hydrogen-bond acceptors (Lipinski definition) is 2. The van der Waals surface area contributed by atoms with Gasteiger partial charge in [0.25, 0.3) is 0 Å². The molecule has 0 aliphatic carbocycles. The smallest absolute Gasteiger partial charge is 0.232 e. The number of carbonyl (C=O) groups excluding carboxylic acids is 2. The highest BCUT2D eigenvalue weighted by Crippen LogP contribution is 2.29. The van der Waals surface area contributed by atoms with Gasteiger partial charge in [0.15, 0.2) is 0 Å². The van der Waals surface area contributed by atoms with Crippen LogP contribution in [0.15, 0.2) is 48.5 Å². The summed E-state index contributed by atoms with van der Waals surface area (Å²) in [5.74, 6) is -0.254. The van der Waals surface area contributed by atoms with Gasteiger partial charge < -0.3 is 9.80 Å². The van der Waals surface area contributed by atoms with Crippen LogP contribution in [-0.2, 0) is 9.59 Å². The molecule has 25 heavy (non-hydrogen) atoms. The molecule has 0 N–H and O–H groups in total. The summed E-state index contributed by atoms with van der Waals surface area (Å²) < 4.78 is 0. The highest BCUT2D eigenvalue weighted by Gasteiger charge is 2.37. The summed E-state index contributed by atoms with van der Waals surface area (Å²) >= 11 is 0. The number of nitrogens with zero attached hydrogens (tertiary/aromatic N) is 2. The molecule has 1 heterocycles. The van der Waals surface area contributed by atoms with Crippen molar-refractivity contribution in [1.29, 1.82) is 0 Å². The molecule has 2 aromatic carbocycles. The number of aryl methyl sites for hydroxylation is 2. The molecule has 0 unspecified atom stereocenters. The average molecular weight is 336 g/mol. The molecule has 0 saturated carbocycles. The Hall–Kier alpha value is -2.62. The van der Waals surface area contributed by atoms with Gasteiger partial charge in [-0.25, -0.2) is 0 Å². The first-order valence-corrected chi connectivity index (χ1v) is 8.75. The van der Waals surface area contributed by atoms with Gasteiger partial charge in [0.1, 0.15) is 0 Å². The van der Waals surface area contributed by atoms with Gasteiger partial charge >= 0.3 is 0 Å². The maximum absolute atomic E-state index is 13.1. The number of hydrogen-bond donors (Lipinski definition) is 0. The van der Waals surface area contributed by atoms with E-state index in [-0.39, 0.29) is 24.2 Å². The first kappa shape index (κ1) is 17.2. The topological polar surface area (TPSA) is 40.6 Å². The van der Waals surface area contributed by atoms with E-state index in [0.717, 1.165) is 22.5 Å². The second-order valence-electron chi connectivity index (χ2n) is 6.61. The Morgan fingerprint density at radius 3 is 2.44 bits per heavy atom. The van der Waals surface area contributed by atoms with Crippen molar-refractivity contribution in [2.24, 2.45) is 5.92 Å². The number of anilines is 2. The number of para-hydroxylation sites is 1. The molecule has 2 amide bonds. The normalized spacial score (nSPS) is 17.0. The van der Waals surface area contributed by atoms with E-state index in [1.807, 2.05) is 69.3 Å². The van der Waals surface area contributed by atoms with E-state index in [0.29, 0.717) is 13.1 Å². The molecule has 0 bridgehead atoms. The molecule has 2 aromatic rings. The van der Waals surface area contributed by atoms with Crippen LogP contribution in [0, 0.1) is 19.8 Å². The first-order chi connectivity index (χ1) is 12.0. The molecule has 4 nitrogen and oxygen atoms in total. The van der Waals surface area contributed by atoms with E-state index in [9.17, 15) is 9.59 Å². The third-order valence-electron chi connectivity index (χ3n) is 4.81. The number of rotatable bonds is 4. The van der Waals surface area contributed by atoms with Crippen LogP contribution in [0.5, 0.6) is 0 Å². The van der Waals surface area contributed by atoms with Crippen LogP contribution in [0.2, 0.25) is 0 Å². The van der Waals surface area contributed by atoms with Crippen LogP contribution in [0.3, 0.4) is 0 Å². The Morgan fingerprint density at radius 1 is 1.12 bits per heavy atom. The molecule has 0 aromatic heterocycles. The van der Waals surface area contributed by atoms with Crippen molar-refractivity contribution in [3.63, 3.8) is 0 Å². The van der Waals surface area contributed by atoms with Gasteiger partial charge in [0.2, 0.25) is 11.8 Å². The lowest BCUT2D eigenvalue weighted by molar-refractivity contribution is -0.124. The Kier molecular flexibility index (Phi) is 4.88. The summed E-state index contributed by atoms with van der Waals surface area (Å²) in [7, 11) is 0. The molecule has 4 heteroatoms. The molecule has 130 valence electrons. The molecule has 0 spiro atoms. The largest absolute Gasteiger partial charge is 0.312 e. The first-order valence-electron chi connectivity index (χ1n) is 8.75. The zero-order valence-electron chi connectivity index (χ0n) is 15.0. The quantitative estimate of drug-likeness (QED) is 0.854. The Morgan fingerprint density at radius 2 is 1.80 bits per heavy atom. The number of benzene rings is 2. The van der Waals surface area contributed by atoms with Crippen molar-refractivity contribution in [1.82, 2.24) is 0 Å². The Balaban J connectivity index is 1.80. The monoisotopic (exact) mass is 336 g/mol. The summed E-state index contributed by atoms with van der Waals surface area (Å²) in [6, 6.07) is 15.7. The van der Waals surface area contributed by atoms with E-state index in [1.165, 1.54) is 0 Å². The molecule has 1 fully saturated rings. The van der Waals surface area contributed by atoms with Crippen LogP contribution < -0.4 is 9.80 Å². The van der Waals surface area contributed by atoms with Gasteiger partial charge in [-0.2, -0.15) is 0 Å². The summed E-state index contributed by atoms with van der Waals surface area (Å²) in [4.78, 5) is 29.0. The lowest BCUT2D eigenvalue weighted by Crippen LogP contribution is -2.37. The predicted octanol–water partition coefficient (Wildman–Crippen LogP) is 3.71. The fourth-order valence-electron chi connectivity index (χ4n) is 3.38. The molecule has 0 radical (unpaired) electrons. The van der Waals surface area contributed by atoms with E-state index < -0.39 is 0 Å². The third kappa shape index (κ3) is 3.43. The molecular weight excluding hydrogens is 312 g/mol.